The molecule has 6 heteroatoms. The second-order valence-corrected chi connectivity index (χ2v) is 5.21. The lowest BCUT2D eigenvalue weighted by molar-refractivity contribution is -0.142. The number of nitrogens with two attached hydrogens (primary N) is 1. The molecule has 1 amide bonds. The van der Waals surface area contributed by atoms with Gasteiger partial charge >= 0.3 is 12.1 Å². The molecule has 2 rings (SSSR count). The highest BCUT2D eigenvalue weighted by atomic mass is 16.6. The number of nitrogens with zero attached hydrogens (tertiary/aromatic N) is 1. The van der Waals surface area contributed by atoms with Gasteiger partial charge in [-0.25, -0.2) is 4.79 Å². The van der Waals surface area contributed by atoms with Gasteiger partial charge in [-0.1, -0.05) is 30.3 Å². The molecule has 0 bridgehead atoms. The number of likely N-dealkylation sites (tertiary alicyclic amines) is 1. The zero-order valence-electron chi connectivity index (χ0n) is 11.8. The third kappa shape index (κ3) is 4.19. The Morgan fingerprint density at radius 1 is 1.24 bits per heavy atom. The molecule has 21 heavy (non-hydrogen) atoms. The van der Waals surface area contributed by atoms with Gasteiger partial charge in [0.2, 0.25) is 0 Å². The van der Waals surface area contributed by atoms with Crippen molar-refractivity contribution in [2.45, 2.75) is 25.5 Å². The number of aliphatic carboxylic acids is 1. The molecule has 3 N–H and O–H groups in total. The molecule has 0 radical (unpaired) electrons. The van der Waals surface area contributed by atoms with Crippen molar-refractivity contribution < 1.29 is 19.4 Å². The Morgan fingerprint density at radius 2 is 1.90 bits per heavy atom. The molecule has 1 aliphatic rings. The minimum atomic E-state index is -0.901. The summed E-state index contributed by atoms with van der Waals surface area (Å²) in [6.45, 7) is 1.00. The number of benzene rings is 1. The summed E-state index contributed by atoms with van der Waals surface area (Å²) >= 11 is 0. The minimum Gasteiger partial charge on any atom is -0.481 e. The molecular formula is C15H20N2O4. The Hall–Kier alpha value is -2.08. The van der Waals surface area contributed by atoms with Crippen LogP contribution in [0, 0.1) is 5.92 Å². The number of carbonyl (C=O) groups is 2. The zero-order valence-corrected chi connectivity index (χ0v) is 11.8. The van der Waals surface area contributed by atoms with Gasteiger partial charge in [0, 0.05) is 19.1 Å². The van der Waals surface area contributed by atoms with E-state index in [1.165, 1.54) is 4.90 Å². The maximum atomic E-state index is 12.0. The van der Waals surface area contributed by atoms with E-state index in [1.807, 2.05) is 30.3 Å². The third-order valence-corrected chi connectivity index (χ3v) is 3.74. The van der Waals surface area contributed by atoms with E-state index in [4.69, 9.17) is 15.6 Å². The van der Waals surface area contributed by atoms with Crippen LogP contribution < -0.4 is 5.73 Å². The van der Waals surface area contributed by atoms with Crippen molar-refractivity contribution in [2.75, 3.05) is 13.1 Å². The first kappa shape index (κ1) is 15.3. The van der Waals surface area contributed by atoms with Crippen LogP contribution in [0.5, 0.6) is 0 Å². The fourth-order valence-electron chi connectivity index (χ4n) is 2.43. The number of carbonyl (C=O) groups excluding carboxylic acids is 1. The van der Waals surface area contributed by atoms with Crippen LogP contribution in [0.25, 0.3) is 0 Å². The van der Waals surface area contributed by atoms with Crippen molar-refractivity contribution in [3.05, 3.63) is 35.9 Å². The molecule has 1 heterocycles. The van der Waals surface area contributed by atoms with Crippen molar-refractivity contribution in [2.24, 2.45) is 11.7 Å². The van der Waals surface area contributed by atoms with Crippen molar-refractivity contribution in [3.63, 3.8) is 0 Å². The molecule has 1 fully saturated rings. The molecule has 1 aromatic carbocycles. The lowest BCUT2D eigenvalue weighted by Crippen LogP contribution is -2.35. The number of rotatable bonds is 3. The van der Waals surface area contributed by atoms with Crippen molar-refractivity contribution >= 4 is 12.1 Å². The van der Waals surface area contributed by atoms with Crippen LogP contribution in [0.2, 0.25) is 0 Å². The highest BCUT2D eigenvalue weighted by Crippen LogP contribution is 2.18. The van der Waals surface area contributed by atoms with E-state index in [2.05, 4.69) is 0 Å². The Balaban J connectivity index is 1.87. The van der Waals surface area contributed by atoms with Crippen LogP contribution >= 0.6 is 0 Å². The van der Waals surface area contributed by atoms with Crippen molar-refractivity contribution in [1.82, 2.24) is 4.90 Å². The fourth-order valence-corrected chi connectivity index (χ4v) is 2.43. The number of amides is 1. The van der Waals surface area contributed by atoms with Crippen molar-refractivity contribution in [1.29, 1.82) is 0 Å². The van der Waals surface area contributed by atoms with E-state index in [0.29, 0.717) is 25.9 Å². The van der Waals surface area contributed by atoms with Crippen LogP contribution in [0.1, 0.15) is 18.4 Å². The molecule has 2 atom stereocenters. The molecule has 1 aliphatic heterocycles. The molecule has 0 aromatic heterocycles. The van der Waals surface area contributed by atoms with Gasteiger partial charge in [0.15, 0.2) is 0 Å². The number of carboxylic acids is 1. The third-order valence-electron chi connectivity index (χ3n) is 3.74. The summed E-state index contributed by atoms with van der Waals surface area (Å²) in [7, 11) is 0. The highest BCUT2D eigenvalue weighted by molar-refractivity contribution is 5.71. The molecule has 114 valence electrons. The number of hydrogen-bond acceptors (Lipinski definition) is 4. The van der Waals surface area contributed by atoms with Gasteiger partial charge < -0.3 is 20.5 Å². The van der Waals surface area contributed by atoms with Crippen LogP contribution in [-0.4, -0.2) is 41.2 Å². The topological polar surface area (TPSA) is 92.9 Å². The first-order chi connectivity index (χ1) is 10.1. The van der Waals surface area contributed by atoms with Gasteiger partial charge in [-0.05, 0) is 18.4 Å². The van der Waals surface area contributed by atoms with E-state index in [-0.39, 0.29) is 6.61 Å². The van der Waals surface area contributed by atoms with E-state index >= 15 is 0 Å². The summed E-state index contributed by atoms with van der Waals surface area (Å²) in [4.78, 5) is 24.6. The van der Waals surface area contributed by atoms with Gasteiger partial charge in [-0.3, -0.25) is 4.79 Å². The summed E-state index contributed by atoms with van der Waals surface area (Å²) in [5, 5.41) is 9.10. The van der Waals surface area contributed by atoms with Crippen LogP contribution in [0.4, 0.5) is 4.79 Å². The normalized spacial score (nSPS) is 22.4. The second-order valence-electron chi connectivity index (χ2n) is 5.21. The Bertz CT molecular complexity index is 492. The van der Waals surface area contributed by atoms with Gasteiger partial charge in [0.1, 0.15) is 6.61 Å². The standard InChI is InChI=1S/C15H20N2O4/c16-13-7-9-17(8-6-12(13)14(18)19)15(20)21-10-11-4-2-1-3-5-11/h1-5,12-13H,6-10,16H2,(H,18,19). The van der Waals surface area contributed by atoms with Crippen LogP contribution in [-0.2, 0) is 16.1 Å². The lowest BCUT2D eigenvalue weighted by Gasteiger charge is -2.19. The largest absolute Gasteiger partial charge is 0.481 e. The van der Waals surface area contributed by atoms with E-state index in [9.17, 15) is 9.59 Å². The predicted molar refractivity (Wildman–Crippen MR) is 76.5 cm³/mol. The SMILES string of the molecule is NC1CCN(C(=O)OCc2ccccc2)CCC1C(=O)O. The Kier molecular flexibility index (Phi) is 5.16. The first-order valence-corrected chi connectivity index (χ1v) is 7.02. The lowest BCUT2D eigenvalue weighted by atomic mass is 9.96. The minimum absolute atomic E-state index is 0.213. The molecule has 0 aliphatic carbocycles. The second kappa shape index (κ2) is 7.08. The number of ether oxygens (including phenoxy) is 1. The van der Waals surface area contributed by atoms with Crippen LogP contribution in [0.15, 0.2) is 30.3 Å². The van der Waals surface area contributed by atoms with E-state index in [0.717, 1.165) is 5.56 Å². The van der Waals surface area contributed by atoms with Gasteiger partial charge in [0.05, 0.1) is 5.92 Å². The molecule has 0 spiro atoms. The summed E-state index contributed by atoms with van der Waals surface area (Å²) in [6.07, 6.45) is 0.408. The predicted octanol–water partition coefficient (Wildman–Crippen LogP) is 1.45. The zero-order chi connectivity index (χ0) is 15.2. The van der Waals surface area contributed by atoms with E-state index < -0.39 is 24.0 Å². The van der Waals surface area contributed by atoms with Gasteiger partial charge in [0.25, 0.3) is 0 Å². The summed E-state index contributed by atoms with van der Waals surface area (Å²) < 4.78 is 5.25. The number of hydrogen-bond donors (Lipinski definition) is 2. The van der Waals surface area contributed by atoms with Gasteiger partial charge in [-0.2, -0.15) is 0 Å². The molecule has 1 saturated heterocycles. The molecule has 1 aromatic rings. The molecule has 6 nitrogen and oxygen atoms in total. The first-order valence-electron chi connectivity index (χ1n) is 7.02. The van der Waals surface area contributed by atoms with Crippen molar-refractivity contribution in [3.8, 4) is 0 Å². The summed E-state index contributed by atoms with van der Waals surface area (Å²) in [6, 6.07) is 9.00. The molecular weight excluding hydrogens is 272 g/mol. The average molecular weight is 292 g/mol. The Labute approximate surface area is 123 Å². The maximum absolute atomic E-state index is 12.0. The fraction of sp³-hybridized carbons (Fsp3) is 0.467. The van der Waals surface area contributed by atoms with E-state index in [1.54, 1.807) is 0 Å². The monoisotopic (exact) mass is 292 g/mol. The van der Waals surface area contributed by atoms with Gasteiger partial charge in [-0.15, -0.1) is 0 Å². The quantitative estimate of drug-likeness (QED) is 0.879. The molecule has 2 unspecified atom stereocenters. The summed E-state index contributed by atoms with van der Waals surface area (Å²) in [5.74, 6) is -1.50. The Morgan fingerprint density at radius 3 is 2.57 bits per heavy atom. The maximum Gasteiger partial charge on any atom is 0.410 e. The average Bonchev–Trinajstić information content (AvgIpc) is 2.68. The highest BCUT2D eigenvalue weighted by Gasteiger charge is 2.30. The summed E-state index contributed by atoms with van der Waals surface area (Å²) in [5.41, 5.74) is 6.77. The molecule has 0 saturated carbocycles. The van der Waals surface area contributed by atoms with Crippen LogP contribution in [0.3, 0.4) is 0 Å². The number of carboxylic acid groups (broad SMARTS) is 1. The smallest absolute Gasteiger partial charge is 0.410 e.